The van der Waals surface area contributed by atoms with E-state index in [0.29, 0.717) is 18.3 Å². The van der Waals surface area contributed by atoms with Crippen LogP contribution >= 0.6 is 0 Å². The molecular weight excluding hydrogens is 368 g/mol. The molecule has 0 aromatic heterocycles. The van der Waals surface area contributed by atoms with Crippen molar-refractivity contribution in [2.24, 2.45) is 0 Å². The van der Waals surface area contributed by atoms with Crippen molar-refractivity contribution in [1.82, 2.24) is 4.90 Å². The Bertz CT molecular complexity index is 768. The van der Waals surface area contributed by atoms with Gasteiger partial charge in [-0.05, 0) is 30.2 Å². The maximum Gasteiger partial charge on any atom is 0.337 e. The minimum atomic E-state index is -0.326. The summed E-state index contributed by atoms with van der Waals surface area (Å²) in [5, 5.41) is 3.50. The summed E-state index contributed by atoms with van der Waals surface area (Å²) >= 11 is 0. The maximum atomic E-state index is 11.8. The van der Waals surface area contributed by atoms with Crippen LogP contribution in [0.1, 0.15) is 28.3 Å². The van der Waals surface area contributed by atoms with Gasteiger partial charge in [0.15, 0.2) is 0 Å². The molecule has 1 aliphatic rings. The van der Waals surface area contributed by atoms with E-state index in [4.69, 9.17) is 14.2 Å². The summed E-state index contributed by atoms with van der Waals surface area (Å²) in [4.78, 5) is 14.2. The number of likely N-dealkylation sites (tertiary alicyclic amines) is 1. The van der Waals surface area contributed by atoms with E-state index >= 15 is 0 Å². The highest BCUT2D eigenvalue weighted by atomic mass is 16.7. The summed E-state index contributed by atoms with van der Waals surface area (Å²) in [7, 11) is 3.05. The summed E-state index contributed by atoms with van der Waals surface area (Å²) in [5.74, 6) is -0.00779. The van der Waals surface area contributed by atoms with Gasteiger partial charge in [0.2, 0.25) is 0 Å². The topological polar surface area (TPSA) is 60.0 Å². The van der Waals surface area contributed by atoms with E-state index in [2.05, 4.69) is 34.5 Å². The Morgan fingerprint density at radius 2 is 2.00 bits per heavy atom. The second-order valence-electron chi connectivity index (χ2n) is 7.30. The molecule has 0 aliphatic carbocycles. The fraction of sp³-hybridized carbons (Fsp3) is 0.435. The molecule has 2 atom stereocenters. The van der Waals surface area contributed by atoms with Crippen LogP contribution in [0.15, 0.2) is 54.6 Å². The molecule has 2 aromatic rings. The lowest BCUT2D eigenvalue weighted by Crippen LogP contribution is -2.31. The number of methoxy groups -OCH3 is 2. The zero-order chi connectivity index (χ0) is 20.5. The molecule has 0 bridgehead atoms. The van der Waals surface area contributed by atoms with Gasteiger partial charge in [-0.25, -0.2) is 4.79 Å². The fourth-order valence-electron chi connectivity index (χ4n) is 3.70. The molecule has 0 spiro atoms. The quantitative estimate of drug-likeness (QED) is 0.489. The zero-order valence-electron chi connectivity index (χ0n) is 17.2. The fourth-order valence-corrected chi connectivity index (χ4v) is 3.70. The highest BCUT2D eigenvalue weighted by molar-refractivity contribution is 5.90. The average molecular weight is 399 g/mol. The predicted octanol–water partition coefficient (Wildman–Crippen LogP) is 3.36. The summed E-state index contributed by atoms with van der Waals surface area (Å²) < 4.78 is 15.6. The highest BCUT2D eigenvalue weighted by Crippen LogP contribution is 2.22. The predicted molar refractivity (Wildman–Crippen MR) is 113 cm³/mol. The van der Waals surface area contributed by atoms with Gasteiger partial charge in [0.05, 0.1) is 18.8 Å². The number of nitrogens with one attached hydrogen (secondary N) is 1. The number of carbonyl (C=O) groups excluding carboxylic acids is 1. The van der Waals surface area contributed by atoms with Crippen molar-refractivity contribution in [3.63, 3.8) is 0 Å². The van der Waals surface area contributed by atoms with E-state index in [1.165, 1.54) is 12.7 Å². The van der Waals surface area contributed by atoms with Crippen LogP contribution in [0.2, 0.25) is 0 Å². The number of esters is 1. The third-order valence-electron chi connectivity index (χ3n) is 5.24. The molecule has 3 rings (SSSR count). The maximum absolute atomic E-state index is 11.8. The molecule has 0 radical (unpaired) electrons. The van der Waals surface area contributed by atoms with Crippen LogP contribution < -0.4 is 5.32 Å². The van der Waals surface area contributed by atoms with E-state index in [0.717, 1.165) is 38.3 Å². The van der Waals surface area contributed by atoms with Crippen molar-refractivity contribution >= 4 is 11.7 Å². The third-order valence-corrected chi connectivity index (χ3v) is 5.24. The summed E-state index contributed by atoms with van der Waals surface area (Å²) in [6.45, 7) is 4.01. The molecule has 1 aliphatic heterocycles. The number of rotatable bonds is 10. The van der Waals surface area contributed by atoms with Crippen molar-refractivity contribution in [2.75, 3.05) is 52.5 Å². The van der Waals surface area contributed by atoms with Gasteiger partial charge in [0.1, 0.15) is 6.79 Å². The number of hydrogen-bond donors (Lipinski definition) is 1. The normalized spacial score (nSPS) is 17.8. The third kappa shape index (κ3) is 6.29. The van der Waals surface area contributed by atoms with Gasteiger partial charge >= 0.3 is 5.97 Å². The van der Waals surface area contributed by atoms with Crippen LogP contribution in [0.25, 0.3) is 0 Å². The van der Waals surface area contributed by atoms with E-state index in [1.54, 1.807) is 13.2 Å². The standard InChI is InChI=1S/C23H30N2O4/c1-27-17-29-22-11-12-25(16-22)15-20(18-7-4-3-5-8-18)14-24-21-10-6-9-19(13-21)23(26)28-2/h3-10,13,20,22,24H,11-12,14-17H2,1-2H3/t20-,22-/m0/s1. The van der Waals surface area contributed by atoms with E-state index in [-0.39, 0.29) is 12.1 Å². The molecule has 156 valence electrons. The Morgan fingerprint density at radius 3 is 2.76 bits per heavy atom. The van der Waals surface area contributed by atoms with Gasteiger partial charge in [-0.3, -0.25) is 4.90 Å². The van der Waals surface area contributed by atoms with E-state index in [1.807, 2.05) is 24.3 Å². The van der Waals surface area contributed by atoms with Crippen molar-refractivity contribution in [1.29, 1.82) is 0 Å². The molecule has 1 heterocycles. The largest absolute Gasteiger partial charge is 0.465 e. The first kappa shape index (κ1) is 21.3. The van der Waals surface area contributed by atoms with Crippen LogP contribution in [0.3, 0.4) is 0 Å². The van der Waals surface area contributed by atoms with Gasteiger partial charge < -0.3 is 19.5 Å². The molecule has 2 aromatic carbocycles. The number of benzene rings is 2. The van der Waals surface area contributed by atoms with Crippen LogP contribution in [0.4, 0.5) is 5.69 Å². The van der Waals surface area contributed by atoms with Crippen molar-refractivity contribution in [2.45, 2.75) is 18.4 Å². The van der Waals surface area contributed by atoms with Gasteiger partial charge in [0.25, 0.3) is 0 Å². The first-order chi connectivity index (χ1) is 14.2. The second kappa shape index (κ2) is 11.0. The van der Waals surface area contributed by atoms with Gasteiger partial charge in [-0.15, -0.1) is 0 Å². The number of anilines is 1. The zero-order valence-corrected chi connectivity index (χ0v) is 17.2. The van der Waals surface area contributed by atoms with Crippen LogP contribution in [0, 0.1) is 0 Å². The Morgan fingerprint density at radius 1 is 1.17 bits per heavy atom. The van der Waals surface area contributed by atoms with Crippen LogP contribution in [0.5, 0.6) is 0 Å². The SMILES string of the molecule is COCO[C@H]1CCN(C[C@H](CNc2cccc(C(=O)OC)c2)c2ccccc2)C1. The molecule has 1 fully saturated rings. The first-order valence-electron chi connectivity index (χ1n) is 9.99. The molecular formula is C23H30N2O4. The summed E-state index contributed by atoms with van der Waals surface area (Å²) in [5.41, 5.74) is 2.76. The van der Waals surface area contributed by atoms with E-state index < -0.39 is 0 Å². The van der Waals surface area contributed by atoms with Gasteiger partial charge in [-0.2, -0.15) is 0 Å². The number of ether oxygens (including phenoxy) is 3. The molecule has 0 unspecified atom stereocenters. The first-order valence-corrected chi connectivity index (χ1v) is 9.99. The second-order valence-corrected chi connectivity index (χ2v) is 7.30. The molecule has 6 heteroatoms. The number of hydrogen-bond acceptors (Lipinski definition) is 6. The summed E-state index contributed by atoms with van der Waals surface area (Å²) in [6, 6.07) is 18.0. The monoisotopic (exact) mass is 398 g/mol. The van der Waals surface area contributed by atoms with Crippen LogP contribution in [-0.2, 0) is 14.2 Å². The number of nitrogens with zero attached hydrogens (tertiary/aromatic N) is 1. The smallest absolute Gasteiger partial charge is 0.337 e. The lowest BCUT2D eigenvalue weighted by Gasteiger charge is -2.25. The average Bonchev–Trinajstić information content (AvgIpc) is 3.22. The van der Waals surface area contributed by atoms with Gasteiger partial charge in [-0.1, -0.05) is 36.4 Å². The Labute approximate surface area is 172 Å². The molecule has 1 saturated heterocycles. The highest BCUT2D eigenvalue weighted by Gasteiger charge is 2.25. The molecule has 6 nitrogen and oxygen atoms in total. The minimum absolute atomic E-state index is 0.232. The molecule has 29 heavy (non-hydrogen) atoms. The van der Waals surface area contributed by atoms with Crippen molar-refractivity contribution in [3.05, 3.63) is 65.7 Å². The Kier molecular flexibility index (Phi) is 8.04. The number of carbonyl (C=O) groups is 1. The lowest BCUT2D eigenvalue weighted by molar-refractivity contribution is -0.0671. The molecule has 0 amide bonds. The van der Waals surface area contributed by atoms with Crippen molar-refractivity contribution < 1.29 is 19.0 Å². The van der Waals surface area contributed by atoms with Crippen LogP contribution in [-0.4, -0.2) is 64.2 Å². The molecule has 0 saturated carbocycles. The lowest BCUT2D eigenvalue weighted by atomic mass is 9.98. The Hall–Kier alpha value is -2.41. The Balaban J connectivity index is 1.63. The van der Waals surface area contributed by atoms with Crippen molar-refractivity contribution in [3.8, 4) is 0 Å². The van der Waals surface area contributed by atoms with Gasteiger partial charge in [0, 0.05) is 44.9 Å². The minimum Gasteiger partial charge on any atom is -0.465 e. The summed E-state index contributed by atoms with van der Waals surface area (Å²) in [6.07, 6.45) is 1.26. The van der Waals surface area contributed by atoms with E-state index in [9.17, 15) is 4.79 Å². The molecule has 1 N–H and O–H groups in total.